The molecule has 1 aromatic carbocycles. The van der Waals surface area contributed by atoms with Gasteiger partial charge in [0, 0.05) is 12.1 Å². The third-order valence-corrected chi connectivity index (χ3v) is 4.99. The van der Waals surface area contributed by atoms with E-state index in [4.69, 9.17) is 17.3 Å². The van der Waals surface area contributed by atoms with Crippen molar-refractivity contribution in [2.24, 2.45) is 3.77 Å². The van der Waals surface area contributed by atoms with Crippen molar-refractivity contribution in [2.45, 2.75) is 4.90 Å². The molecular formula is C12H12ClN4O5S2-. The molecule has 1 aromatic heterocycles. The van der Waals surface area contributed by atoms with Crippen LogP contribution < -0.4 is 5.73 Å². The normalized spacial score (nSPS) is 12.1. The molecule has 0 fully saturated rings. The molecule has 12 heteroatoms. The zero-order chi connectivity index (χ0) is 18.3. The summed E-state index contributed by atoms with van der Waals surface area (Å²) in [5, 5.41) is 10.8. The van der Waals surface area contributed by atoms with Gasteiger partial charge in [-0.05, 0) is 24.3 Å². The van der Waals surface area contributed by atoms with E-state index in [1.54, 1.807) is 18.2 Å². The lowest BCUT2D eigenvalue weighted by atomic mass is 10.3. The van der Waals surface area contributed by atoms with E-state index in [2.05, 4.69) is 8.75 Å². The average Bonchev–Trinajstić information content (AvgIpc) is 2.46. The summed E-state index contributed by atoms with van der Waals surface area (Å²) in [6.07, 6.45) is 1.11. The summed E-state index contributed by atoms with van der Waals surface area (Å²) >= 11 is 5.45. The second-order valence-corrected chi connectivity index (χ2v) is 7.36. The van der Waals surface area contributed by atoms with E-state index in [0.717, 1.165) is 30.5 Å². The molecule has 9 nitrogen and oxygen atoms in total. The molecule has 0 bridgehead atoms. The number of hydrogen-bond acceptors (Lipinski definition) is 8. The highest BCUT2D eigenvalue weighted by Crippen LogP contribution is 2.17. The number of anilines is 1. The van der Waals surface area contributed by atoms with Gasteiger partial charge in [-0.15, -0.1) is 6.26 Å². The van der Waals surface area contributed by atoms with Crippen molar-refractivity contribution < 1.29 is 17.6 Å². The maximum absolute atomic E-state index is 11.4. The van der Waals surface area contributed by atoms with Crippen LogP contribution in [0.25, 0.3) is 0 Å². The zero-order valence-electron chi connectivity index (χ0n) is 12.2. The van der Waals surface area contributed by atoms with Gasteiger partial charge in [-0.2, -0.15) is 10.6 Å². The van der Waals surface area contributed by atoms with Crippen LogP contribution in [0.5, 0.6) is 0 Å². The fourth-order valence-electron chi connectivity index (χ4n) is 1.35. The van der Waals surface area contributed by atoms with Crippen LogP contribution in [-0.2, 0) is 24.8 Å². The van der Waals surface area contributed by atoms with Gasteiger partial charge in [-0.3, -0.25) is 13.9 Å². The molecule has 0 atom stereocenters. The number of nitrogens with two attached hydrogens (primary N) is 1. The van der Waals surface area contributed by atoms with E-state index in [9.17, 15) is 22.7 Å². The molecule has 2 rings (SSSR count). The molecule has 0 radical (unpaired) electrons. The van der Waals surface area contributed by atoms with Gasteiger partial charge < -0.3 is 9.94 Å². The quantitative estimate of drug-likeness (QED) is 0.365. The number of non-ortho nitro benzene ring substituents is 1. The monoisotopic (exact) mass is 391 g/mol. The second-order valence-electron chi connectivity index (χ2n) is 4.11. The number of nitro benzene ring substituents is 1. The van der Waals surface area contributed by atoms with Crippen molar-refractivity contribution in [2.75, 3.05) is 12.0 Å². The summed E-state index contributed by atoms with van der Waals surface area (Å²) < 4.78 is 36.5. The first kappa shape index (κ1) is 19.8. The summed E-state index contributed by atoms with van der Waals surface area (Å²) in [6, 6.07) is 9.30. The standard InChI is InChI=1S/C7H7N2O5S2.C5H5ClN2/c1-15(12)8-16(13,14)7-4-2-6(3-5-7)9(10)11;6-4-2-1-3-5(7)8-4/h2-5H,1H3;1-3H,(H2,7,8)/q-1;. The largest absolute Gasteiger partial charge is 0.444 e. The third-order valence-electron chi connectivity index (χ3n) is 2.29. The SMILES string of the molecule is C[S-](=O)=NS(=O)(=O)c1ccc([N+](=O)[O-])cc1.Nc1cccc(Cl)n1. The van der Waals surface area contributed by atoms with Crippen LogP contribution in [-0.4, -0.2) is 24.6 Å². The van der Waals surface area contributed by atoms with Crippen LogP contribution in [0.1, 0.15) is 0 Å². The fourth-order valence-corrected chi connectivity index (χ4v) is 3.45. The van der Waals surface area contributed by atoms with Gasteiger partial charge in [0.15, 0.2) is 0 Å². The van der Waals surface area contributed by atoms with Crippen molar-refractivity contribution >= 4 is 43.7 Å². The molecule has 1 heterocycles. The molecular weight excluding hydrogens is 380 g/mol. The number of halogens is 1. The molecule has 0 amide bonds. The number of pyridine rings is 1. The molecule has 130 valence electrons. The maximum atomic E-state index is 11.4. The first-order valence-corrected chi connectivity index (χ1v) is 9.39. The Labute approximate surface area is 144 Å². The predicted octanol–water partition coefficient (Wildman–Crippen LogP) is 2.38. The second kappa shape index (κ2) is 8.57. The molecule has 2 N–H and O–H groups in total. The number of nitrogen functional groups attached to an aromatic ring is 1. The number of nitrogens with zero attached hydrogens (tertiary/aromatic N) is 3. The Kier molecular flexibility index (Phi) is 7.07. The van der Waals surface area contributed by atoms with E-state index in [1.807, 2.05) is 0 Å². The predicted molar refractivity (Wildman–Crippen MR) is 90.3 cm³/mol. The van der Waals surface area contributed by atoms with Gasteiger partial charge in [0.05, 0.1) is 9.82 Å². The molecule has 0 saturated heterocycles. The molecule has 2 aromatic rings. The van der Waals surface area contributed by atoms with Crippen LogP contribution >= 0.6 is 11.6 Å². The Hall–Kier alpha value is -2.24. The van der Waals surface area contributed by atoms with Crippen LogP contribution in [0.2, 0.25) is 5.15 Å². The van der Waals surface area contributed by atoms with Crippen LogP contribution in [0, 0.1) is 10.1 Å². The topological polar surface area (TPSA) is 146 Å². The van der Waals surface area contributed by atoms with Gasteiger partial charge in [0.1, 0.15) is 11.0 Å². The Balaban J connectivity index is 0.000000300. The van der Waals surface area contributed by atoms with Crippen molar-refractivity contribution in [1.82, 2.24) is 4.98 Å². The number of aromatic nitrogens is 1. The highest BCUT2D eigenvalue weighted by atomic mass is 35.5. The molecule has 0 unspecified atom stereocenters. The minimum atomic E-state index is -4.00. The number of sulfonamides is 1. The fraction of sp³-hybridized carbons (Fsp3) is 0.0833. The van der Waals surface area contributed by atoms with Crippen LogP contribution in [0.15, 0.2) is 51.1 Å². The van der Waals surface area contributed by atoms with E-state index in [-0.39, 0.29) is 10.6 Å². The van der Waals surface area contributed by atoms with Gasteiger partial charge in [-0.25, -0.2) is 13.4 Å². The average molecular weight is 392 g/mol. The Morgan fingerprint density at radius 3 is 2.21 bits per heavy atom. The van der Waals surface area contributed by atoms with E-state index in [1.165, 1.54) is 0 Å². The molecule has 0 aliphatic rings. The van der Waals surface area contributed by atoms with Gasteiger partial charge in [0.2, 0.25) is 0 Å². The van der Waals surface area contributed by atoms with Crippen molar-refractivity contribution in [3.63, 3.8) is 0 Å². The smallest absolute Gasteiger partial charge is 0.269 e. The third kappa shape index (κ3) is 6.48. The summed E-state index contributed by atoms with van der Waals surface area (Å²) in [5.41, 5.74) is 5.04. The Morgan fingerprint density at radius 1 is 1.25 bits per heavy atom. The maximum Gasteiger partial charge on any atom is 0.269 e. The van der Waals surface area contributed by atoms with Crippen LogP contribution in [0.4, 0.5) is 11.5 Å². The number of nitro groups is 1. The highest BCUT2D eigenvalue weighted by Gasteiger charge is 2.12. The van der Waals surface area contributed by atoms with Crippen molar-refractivity contribution in [3.8, 4) is 0 Å². The Bertz CT molecular complexity index is 892. The first-order valence-electron chi connectivity index (χ1n) is 6.06. The van der Waals surface area contributed by atoms with Gasteiger partial charge in [0.25, 0.3) is 15.7 Å². The molecule has 0 spiro atoms. The van der Waals surface area contributed by atoms with Crippen molar-refractivity contribution in [1.29, 1.82) is 0 Å². The van der Waals surface area contributed by atoms with Crippen molar-refractivity contribution in [3.05, 3.63) is 57.7 Å². The lowest BCUT2D eigenvalue weighted by Crippen LogP contribution is -1.97. The number of rotatable bonds is 3. The lowest BCUT2D eigenvalue weighted by Gasteiger charge is -2.01. The Morgan fingerprint density at radius 2 is 1.83 bits per heavy atom. The van der Waals surface area contributed by atoms with Crippen LogP contribution in [0.3, 0.4) is 0 Å². The van der Waals surface area contributed by atoms with E-state index in [0.29, 0.717) is 11.0 Å². The number of hydrogen-bond donors (Lipinski definition) is 1. The molecule has 24 heavy (non-hydrogen) atoms. The molecule has 0 aliphatic heterocycles. The van der Waals surface area contributed by atoms with Gasteiger partial charge >= 0.3 is 0 Å². The van der Waals surface area contributed by atoms with E-state index >= 15 is 0 Å². The summed E-state index contributed by atoms with van der Waals surface area (Å²) in [4.78, 5) is 13.2. The molecule has 0 aliphatic carbocycles. The summed E-state index contributed by atoms with van der Waals surface area (Å²) in [6.45, 7) is 0. The van der Waals surface area contributed by atoms with Gasteiger partial charge in [-0.1, -0.05) is 17.7 Å². The highest BCUT2D eigenvalue weighted by molar-refractivity contribution is 7.96. The lowest BCUT2D eigenvalue weighted by molar-refractivity contribution is -0.384. The number of benzene rings is 1. The molecule has 0 saturated carbocycles. The minimum absolute atomic E-state index is 0.225. The van der Waals surface area contributed by atoms with E-state index < -0.39 is 25.5 Å². The zero-order valence-corrected chi connectivity index (χ0v) is 14.6. The summed E-state index contributed by atoms with van der Waals surface area (Å²) in [5.74, 6) is 0.456. The first-order chi connectivity index (χ1) is 11.1. The minimum Gasteiger partial charge on any atom is -0.444 e. The summed E-state index contributed by atoms with van der Waals surface area (Å²) in [7, 11) is -5.85.